The van der Waals surface area contributed by atoms with Crippen LogP contribution in [0.1, 0.15) is 34.7 Å². The molecule has 1 heterocycles. The van der Waals surface area contributed by atoms with Crippen molar-refractivity contribution in [3.05, 3.63) is 71.8 Å². The molecule has 6 heteroatoms. The molecule has 0 saturated carbocycles. The first-order valence-corrected chi connectivity index (χ1v) is 8.66. The van der Waals surface area contributed by atoms with E-state index >= 15 is 0 Å². The lowest BCUT2D eigenvalue weighted by Gasteiger charge is -2.16. The second-order valence-corrected chi connectivity index (χ2v) is 6.20. The molecule has 6 nitrogen and oxygen atoms in total. The Morgan fingerprint density at radius 3 is 2.37 bits per heavy atom. The zero-order valence-corrected chi connectivity index (χ0v) is 15.9. The van der Waals surface area contributed by atoms with Crippen LogP contribution in [0.25, 0.3) is 5.69 Å². The first-order valence-electron chi connectivity index (χ1n) is 8.66. The number of rotatable bonds is 6. The summed E-state index contributed by atoms with van der Waals surface area (Å²) in [5, 5.41) is 3.01. The molecule has 3 aromatic rings. The van der Waals surface area contributed by atoms with Gasteiger partial charge in [0, 0.05) is 23.6 Å². The van der Waals surface area contributed by atoms with Gasteiger partial charge in [-0.3, -0.25) is 4.79 Å². The van der Waals surface area contributed by atoms with E-state index in [0.717, 1.165) is 17.1 Å². The maximum atomic E-state index is 12.6. The van der Waals surface area contributed by atoms with Crippen LogP contribution >= 0.6 is 0 Å². The van der Waals surface area contributed by atoms with Gasteiger partial charge in [-0.05, 0) is 49.7 Å². The molecule has 140 valence electrons. The largest absolute Gasteiger partial charge is 0.493 e. The lowest BCUT2D eigenvalue weighted by atomic mass is 10.1. The van der Waals surface area contributed by atoms with Crippen molar-refractivity contribution in [1.82, 2.24) is 14.9 Å². The molecular weight excluding hydrogens is 342 g/mol. The van der Waals surface area contributed by atoms with Crippen molar-refractivity contribution < 1.29 is 14.3 Å². The molecule has 1 aromatic heterocycles. The van der Waals surface area contributed by atoms with Gasteiger partial charge in [0.1, 0.15) is 5.82 Å². The maximum absolute atomic E-state index is 12.6. The van der Waals surface area contributed by atoms with E-state index in [4.69, 9.17) is 9.47 Å². The van der Waals surface area contributed by atoms with Crippen LogP contribution in [0.15, 0.2) is 54.9 Å². The number of imidazole rings is 1. The average molecular weight is 365 g/mol. The summed E-state index contributed by atoms with van der Waals surface area (Å²) in [6, 6.07) is 13.0. The number of amides is 1. The van der Waals surface area contributed by atoms with Gasteiger partial charge in [0.05, 0.1) is 20.3 Å². The van der Waals surface area contributed by atoms with Crippen LogP contribution < -0.4 is 14.8 Å². The summed E-state index contributed by atoms with van der Waals surface area (Å²) in [5.41, 5.74) is 2.57. The van der Waals surface area contributed by atoms with Crippen molar-refractivity contribution in [1.29, 1.82) is 0 Å². The van der Waals surface area contributed by atoms with Crippen LogP contribution in [0, 0.1) is 6.92 Å². The Bertz CT molecular complexity index is 932. The number of ether oxygens (including phenoxy) is 2. The minimum Gasteiger partial charge on any atom is -0.493 e. The Morgan fingerprint density at radius 1 is 1.07 bits per heavy atom. The molecule has 1 amide bonds. The monoisotopic (exact) mass is 365 g/mol. The number of aromatic nitrogens is 2. The predicted molar refractivity (Wildman–Crippen MR) is 104 cm³/mol. The number of carbonyl (C=O) groups excluding carboxylic acids is 1. The first kappa shape index (κ1) is 18.5. The van der Waals surface area contributed by atoms with Gasteiger partial charge in [0.2, 0.25) is 0 Å². The van der Waals surface area contributed by atoms with Crippen LogP contribution in [0.4, 0.5) is 0 Å². The summed E-state index contributed by atoms with van der Waals surface area (Å²) >= 11 is 0. The summed E-state index contributed by atoms with van der Waals surface area (Å²) in [4.78, 5) is 16.8. The van der Waals surface area contributed by atoms with Crippen LogP contribution in [0.2, 0.25) is 0 Å². The molecule has 0 unspecified atom stereocenters. The number of nitrogens with one attached hydrogen (secondary N) is 1. The summed E-state index contributed by atoms with van der Waals surface area (Å²) in [6.07, 6.45) is 3.70. The van der Waals surface area contributed by atoms with Crippen molar-refractivity contribution in [2.24, 2.45) is 0 Å². The Labute approximate surface area is 158 Å². The molecule has 0 saturated heterocycles. The topological polar surface area (TPSA) is 65.4 Å². The molecule has 2 aromatic carbocycles. The summed E-state index contributed by atoms with van der Waals surface area (Å²) in [7, 11) is 3.11. The van der Waals surface area contributed by atoms with Crippen molar-refractivity contribution in [3.63, 3.8) is 0 Å². The number of hydrogen-bond acceptors (Lipinski definition) is 4. The Morgan fingerprint density at radius 2 is 1.78 bits per heavy atom. The maximum Gasteiger partial charge on any atom is 0.251 e. The molecule has 1 N–H and O–H groups in total. The molecule has 0 spiro atoms. The van der Waals surface area contributed by atoms with Crippen LogP contribution in [-0.4, -0.2) is 29.7 Å². The minimum absolute atomic E-state index is 0.136. The molecule has 0 aliphatic rings. The lowest BCUT2D eigenvalue weighted by Crippen LogP contribution is -2.26. The van der Waals surface area contributed by atoms with E-state index in [0.29, 0.717) is 17.1 Å². The van der Waals surface area contributed by atoms with Crippen LogP contribution in [-0.2, 0) is 0 Å². The Balaban J connectivity index is 1.72. The first-order chi connectivity index (χ1) is 13.0. The summed E-state index contributed by atoms with van der Waals surface area (Å²) in [5.74, 6) is 1.88. The second kappa shape index (κ2) is 7.95. The van der Waals surface area contributed by atoms with Crippen LogP contribution in [0.5, 0.6) is 11.5 Å². The molecule has 0 aliphatic carbocycles. The molecule has 0 aliphatic heterocycles. The Kier molecular flexibility index (Phi) is 5.45. The number of nitrogens with zero attached hydrogens (tertiary/aromatic N) is 2. The fraction of sp³-hybridized carbons (Fsp3) is 0.238. The smallest absolute Gasteiger partial charge is 0.251 e. The second-order valence-electron chi connectivity index (χ2n) is 6.20. The van der Waals surface area contributed by atoms with E-state index in [1.165, 1.54) is 0 Å². The highest BCUT2D eigenvalue weighted by Crippen LogP contribution is 2.27. The zero-order chi connectivity index (χ0) is 19.4. The minimum atomic E-state index is -0.169. The van der Waals surface area contributed by atoms with Gasteiger partial charge in [-0.1, -0.05) is 12.1 Å². The third-order valence-electron chi connectivity index (χ3n) is 4.49. The molecule has 0 bridgehead atoms. The normalized spacial score (nSPS) is 11.7. The van der Waals surface area contributed by atoms with E-state index in [1.54, 1.807) is 38.6 Å². The summed E-state index contributed by atoms with van der Waals surface area (Å²) in [6.45, 7) is 3.91. The number of aryl methyl sites for hydroxylation is 1. The number of hydrogen-bond donors (Lipinski definition) is 1. The fourth-order valence-electron chi connectivity index (χ4n) is 2.92. The molecule has 0 fully saturated rings. The summed E-state index contributed by atoms with van der Waals surface area (Å²) < 4.78 is 12.5. The van der Waals surface area contributed by atoms with E-state index in [1.807, 2.05) is 48.9 Å². The van der Waals surface area contributed by atoms with Crippen LogP contribution in [0.3, 0.4) is 0 Å². The highest BCUT2D eigenvalue weighted by Gasteiger charge is 2.14. The number of carbonyl (C=O) groups is 1. The van der Waals surface area contributed by atoms with E-state index in [-0.39, 0.29) is 11.9 Å². The highest BCUT2D eigenvalue weighted by molar-refractivity contribution is 5.95. The highest BCUT2D eigenvalue weighted by atomic mass is 16.5. The standard InChI is InChI=1S/C21H23N3O3/c1-14(16-5-8-18(9-6-16)24-12-11-22-15(24)2)23-21(25)17-7-10-19(26-3)20(13-17)27-4/h5-14H,1-4H3,(H,23,25)/t14-/m1/s1. The van der Waals surface area contributed by atoms with Gasteiger partial charge in [-0.15, -0.1) is 0 Å². The van der Waals surface area contributed by atoms with Crippen molar-refractivity contribution >= 4 is 5.91 Å². The Hall–Kier alpha value is -3.28. The van der Waals surface area contributed by atoms with Crippen molar-refractivity contribution in [2.75, 3.05) is 14.2 Å². The predicted octanol–water partition coefficient (Wildman–Crippen LogP) is 3.69. The number of methoxy groups -OCH3 is 2. The third-order valence-corrected chi connectivity index (χ3v) is 4.49. The quantitative estimate of drug-likeness (QED) is 0.724. The van der Waals surface area contributed by atoms with E-state index < -0.39 is 0 Å². The SMILES string of the molecule is COc1ccc(C(=O)N[C@H](C)c2ccc(-n3ccnc3C)cc2)cc1OC. The fourth-order valence-corrected chi connectivity index (χ4v) is 2.92. The third kappa shape index (κ3) is 3.95. The van der Waals surface area contributed by atoms with Gasteiger partial charge >= 0.3 is 0 Å². The van der Waals surface area contributed by atoms with Gasteiger partial charge in [-0.2, -0.15) is 0 Å². The lowest BCUT2D eigenvalue weighted by molar-refractivity contribution is 0.0939. The van der Waals surface area contributed by atoms with E-state index in [2.05, 4.69) is 10.3 Å². The molecule has 3 rings (SSSR count). The van der Waals surface area contributed by atoms with Crippen molar-refractivity contribution in [2.45, 2.75) is 19.9 Å². The van der Waals surface area contributed by atoms with Gasteiger partial charge < -0.3 is 19.4 Å². The van der Waals surface area contributed by atoms with Crippen molar-refractivity contribution in [3.8, 4) is 17.2 Å². The van der Waals surface area contributed by atoms with Gasteiger partial charge in [0.25, 0.3) is 5.91 Å². The average Bonchev–Trinajstić information content (AvgIpc) is 3.13. The molecular formula is C21H23N3O3. The van der Waals surface area contributed by atoms with Gasteiger partial charge in [0.15, 0.2) is 11.5 Å². The van der Waals surface area contributed by atoms with Gasteiger partial charge in [-0.25, -0.2) is 4.98 Å². The molecule has 0 radical (unpaired) electrons. The molecule has 27 heavy (non-hydrogen) atoms. The van der Waals surface area contributed by atoms with E-state index in [9.17, 15) is 4.79 Å². The zero-order valence-electron chi connectivity index (χ0n) is 15.9. The molecule has 1 atom stereocenters. The number of benzene rings is 2.